The van der Waals surface area contributed by atoms with Crippen molar-refractivity contribution >= 4 is 39.0 Å². The van der Waals surface area contributed by atoms with Crippen LogP contribution in [0.15, 0.2) is 59.6 Å². The second kappa shape index (κ2) is 8.85. The zero-order valence-corrected chi connectivity index (χ0v) is 17.9. The van der Waals surface area contributed by atoms with Crippen LogP contribution in [0.25, 0.3) is 0 Å². The van der Waals surface area contributed by atoms with Crippen molar-refractivity contribution in [3.63, 3.8) is 0 Å². The quantitative estimate of drug-likeness (QED) is 0.585. The molecule has 0 bridgehead atoms. The minimum atomic E-state index is -4.00. The number of sulfonamides is 1. The van der Waals surface area contributed by atoms with Gasteiger partial charge < -0.3 is 5.32 Å². The lowest BCUT2D eigenvalue weighted by atomic mass is 10.2. The summed E-state index contributed by atoms with van der Waals surface area (Å²) >= 11 is 6.16. The summed E-state index contributed by atoms with van der Waals surface area (Å²) in [7, 11) is -2.65. The second-order valence-corrected chi connectivity index (χ2v) is 8.86. The van der Waals surface area contributed by atoms with Crippen molar-refractivity contribution in [2.45, 2.75) is 24.8 Å². The third-order valence-corrected chi connectivity index (χ3v) is 6.54. The van der Waals surface area contributed by atoms with Gasteiger partial charge >= 0.3 is 0 Å². The van der Waals surface area contributed by atoms with Crippen LogP contribution >= 0.6 is 11.6 Å². The fourth-order valence-electron chi connectivity index (χ4n) is 2.80. The summed E-state index contributed by atoms with van der Waals surface area (Å²) in [6.45, 7) is 2.60. The van der Waals surface area contributed by atoms with Crippen LogP contribution in [0.1, 0.15) is 23.7 Å². The number of carbonyl (C=O) groups is 1. The Morgan fingerprint density at radius 3 is 2.57 bits per heavy atom. The molecule has 1 heterocycles. The largest absolute Gasteiger partial charge is 0.307 e. The maximum Gasteiger partial charge on any atom is 0.264 e. The maximum atomic E-state index is 13.2. The molecule has 0 fully saturated rings. The van der Waals surface area contributed by atoms with E-state index in [4.69, 9.17) is 11.6 Å². The van der Waals surface area contributed by atoms with Crippen molar-refractivity contribution in [3.05, 3.63) is 71.1 Å². The fraction of sp³-hybridized carbons (Fsp3) is 0.200. The smallest absolute Gasteiger partial charge is 0.264 e. The Labute approximate surface area is 179 Å². The van der Waals surface area contributed by atoms with Gasteiger partial charge in [-0.1, -0.05) is 18.5 Å². The molecule has 0 aliphatic heterocycles. The molecular weight excluding hydrogens is 431 g/mol. The lowest BCUT2D eigenvalue weighted by molar-refractivity contribution is 0.102. The number of carbonyl (C=O) groups excluding carboxylic acids is 1. The number of hydrogen-bond acceptors (Lipinski definition) is 4. The molecule has 3 rings (SSSR count). The van der Waals surface area contributed by atoms with Crippen LogP contribution in [0.2, 0.25) is 5.02 Å². The van der Waals surface area contributed by atoms with Gasteiger partial charge in [0.25, 0.3) is 15.9 Å². The van der Waals surface area contributed by atoms with E-state index in [1.165, 1.54) is 49.5 Å². The first-order valence-corrected chi connectivity index (χ1v) is 10.9. The lowest BCUT2D eigenvalue weighted by Crippen LogP contribution is -2.27. The van der Waals surface area contributed by atoms with Gasteiger partial charge in [-0.3, -0.25) is 9.10 Å². The molecule has 1 aromatic heterocycles. The zero-order valence-electron chi connectivity index (χ0n) is 16.3. The monoisotopic (exact) mass is 450 g/mol. The first-order valence-electron chi connectivity index (χ1n) is 9.11. The number of anilines is 2. The van der Waals surface area contributed by atoms with E-state index in [0.29, 0.717) is 12.4 Å². The van der Waals surface area contributed by atoms with Gasteiger partial charge in [-0.05, 0) is 48.9 Å². The van der Waals surface area contributed by atoms with E-state index in [1.807, 2.05) is 6.92 Å². The summed E-state index contributed by atoms with van der Waals surface area (Å²) < 4.78 is 41.8. The molecule has 0 aliphatic rings. The molecule has 7 nitrogen and oxygen atoms in total. The summed E-state index contributed by atoms with van der Waals surface area (Å²) in [5, 5.41) is 6.95. The average Bonchev–Trinajstić information content (AvgIpc) is 3.15. The average molecular weight is 451 g/mol. The molecule has 0 aliphatic carbocycles. The van der Waals surface area contributed by atoms with Crippen LogP contribution in [0.3, 0.4) is 0 Å². The molecule has 2 aromatic carbocycles. The fourth-order valence-corrected chi connectivity index (χ4v) is 4.22. The number of nitrogens with one attached hydrogen (secondary N) is 1. The molecule has 1 N–H and O–H groups in total. The van der Waals surface area contributed by atoms with E-state index in [2.05, 4.69) is 10.4 Å². The molecule has 0 spiro atoms. The highest BCUT2D eigenvalue weighted by Crippen LogP contribution is 2.26. The van der Waals surface area contributed by atoms with Gasteiger partial charge in [-0.25, -0.2) is 17.5 Å². The minimum Gasteiger partial charge on any atom is -0.307 e. The van der Waals surface area contributed by atoms with Crippen molar-refractivity contribution in [1.82, 2.24) is 9.78 Å². The van der Waals surface area contributed by atoms with Gasteiger partial charge in [0.1, 0.15) is 11.6 Å². The molecular formula is C20H20ClFN4O3S. The van der Waals surface area contributed by atoms with E-state index < -0.39 is 21.7 Å². The Hall–Kier alpha value is -2.91. The molecule has 30 heavy (non-hydrogen) atoms. The summed E-state index contributed by atoms with van der Waals surface area (Å²) in [5.74, 6) is -0.550. The Bertz CT molecular complexity index is 1160. The minimum absolute atomic E-state index is 0.00879. The van der Waals surface area contributed by atoms with E-state index in [1.54, 1.807) is 16.9 Å². The second-order valence-electron chi connectivity index (χ2n) is 6.48. The van der Waals surface area contributed by atoms with Crippen LogP contribution in [0.4, 0.5) is 15.9 Å². The Morgan fingerprint density at radius 2 is 1.90 bits per heavy atom. The van der Waals surface area contributed by atoms with E-state index >= 15 is 0 Å². The predicted octanol–water partition coefficient (Wildman–Crippen LogP) is 4.16. The molecule has 0 unspecified atom stereocenters. The van der Waals surface area contributed by atoms with Gasteiger partial charge in [0.15, 0.2) is 0 Å². The number of hydrogen-bond donors (Lipinski definition) is 1. The zero-order chi connectivity index (χ0) is 21.9. The van der Waals surface area contributed by atoms with Crippen LogP contribution < -0.4 is 9.62 Å². The number of halogens is 2. The lowest BCUT2D eigenvalue weighted by Gasteiger charge is -2.20. The third-order valence-electron chi connectivity index (χ3n) is 4.42. The summed E-state index contributed by atoms with van der Waals surface area (Å²) in [6, 6.07) is 10.6. The first kappa shape index (κ1) is 21.8. The SMILES string of the molecule is CCCn1nccc1NC(=O)c1cc(S(=O)(=O)N(C)c2ccc(F)cc2)ccc1Cl. The van der Waals surface area contributed by atoms with Crippen LogP contribution in [-0.2, 0) is 16.6 Å². The normalized spacial score (nSPS) is 11.3. The highest BCUT2D eigenvalue weighted by molar-refractivity contribution is 7.92. The van der Waals surface area contributed by atoms with E-state index in [9.17, 15) is 17.6 Å². The van der Waals surface area contributed by atoms with Gasteiger partial charge in [0, 0.05) is 19.7 Å². The Kier molecular flexibility index (Phi) is 6.42. The number of benzene rings is 2. The Balaban J connectivity index is 1.91. The number of aryl methyl sites for hydroxylation is 1. The number of nitrogens with zero attached hydrogens (tertiary/aromatic N) is 3. The van der Waals surface area contributed by atoms with Crippen molar-refractivity contribution in [2.24, 2.45) is 0 Å². The summed E-state index contributed by atoms with van der Waals surface area (Å²) in [6.07, 6.45) is 2.39. The van der Waals surface area contributed by atoms with E-state index in [0.717, 1.165) is 10.7 Å². The van der Waals surface area contributed by atoms with Crippen LogP contribution in [0, 0.1) is 5.82 Å². The maximum absolute atomic E-state index is 13.2. The predicted molar refractivity (Wildman–Crippen MR) is 114 cm³/mol. The highest BCUT2D eigenvalue weighted by atomic mass is 35.5. The molecule has 3 aromatic rings. The summed E-state index contributed by atoms with van der Waals surface area (Å²) in [4.78, 5) is 12.6. The first-order chi connectivity index (χ1) is 14.2. The van der Waals surface area contributed by atoms with Crippen molar-refractivity contribution < 1.29 is 17.6 Å². The summed E-state index contributed by atoms with van der Waals surface area (Å²) in [5.41, 5.74) is 0.287. The van der Waals surface area contributed by atoms with Crippen molar-refractivity contribution in [2.75, 3.05) is 16.7 Å². The molecule has 0 radical (unpaired) electrons. The van der Waals surface area contributed by atoms with Gasteiger partial charge in [-0.15, -0.1) is 0 Å². The molecule has 10 heteroatoms. The third kappa shape index (κ3) is 4.47. The Morgan fingerprint density at radius 1 is 1.20 bits per heavy atom. The van der Waals surface area contributed by atoms with E-state index in [-0.39, 0.29) is 21.2 Å². The van der Waals surface area contributed by atoms with Crippen LogP contribution in [-0.4, -0.2) is 31.2 Å². The van der Waals surface area contributed by atoms with Crippen LogP contribution in [0.5, 0.6) is 0 Å². The number of aromatic nitrogens is 2. The molecule has 0 saturated carbocycles. The topological polar surface area (TPSA) is 84.3 Å². The molecule has 1 amide bonds. The molecule has 0 saturated heterocycles. The number of amides is 1. The number of rotatable bonds is 7. The van der Waals surface area contributed by atoms with Gasteiger partial charge in [0.05, 0.1) is 27.4 Å². The highest BCUT2D eigenvalue weighted by Gasteiger charge is 2.24. The van der Waals surface area contributed by atoms with Gasteiger partial charge in [0.2, 0.25) is 0 Å². The van der Waals surface area contributed by atoms with Gasteiger partial charge in [-0.2, -0.15) is 5.10 Å². The van der Waals surface area contributed by atoms with Crippen molar-refractivity contribution in [3.8, 4) is 0 Å². The molecule has 0 atom stereocenters. The van der Waals surface area contributed by atoms with Crippen molar-refractivity contribution in [1.29, 1.82) is 0 Å². The standard InChI is InChI=1S/C20H20ClFN4O3S/c1-3-12-26-19(10-11-23-26)24-20(27)17-13-16(8-9-18(17)21)30(28,29)25(2)15-6-4-14(22)5-7-15/h4-11,13H,3,12H2,1-2H3,(H,24,27). The molecule has 158 valence electrons.